The summed E-state index contributed by atoms with van der Waals surface area (Å²) in [6.45, 7) is 1.96. The molecule has 3 N–H and O–H groups in total. The van der Waals surface area contributed by atoms with Crippen molar-refractivity contribution in [1.82, 2.24) is 0 Å². The average molecular weight is 311 g/mol. The van der Waals surface area contributed by atoms with Crippen LogP contribution >= 0.6 is 34.8 Å². The molecule has 0 bridgehead atoms. The van der Waals surface area contributed by atoms with Gasteiger partial charge in [0.25, 0.3) is 0 Å². The topological polar surface area (TPSA) is 63.3 Å². The van der Waals surface area contributed by atoms with Crippen LogP contribution in [0.4, 0.5) is 0 Å². The van der Waals surface area contributed by atoms with E-state index in [0.717, 1.165) is 5.56 Å². The number of carboxylic acids is 1. The summed E-state index contributed by atoms with van der Waals surface area (Å²) in [5.41, 5.74) is 6.18. The van der Waals surface area contributed by atoms with Crippen LogP contribution in [0.25, 0.3) is 0 Å². The molecule has 1 rings (SSSR count). The first-order chi connectivity index (χ1) is 8.36. The third-order valence-corrected chi connectivity index (χ3v) is 3.86. The maximum atomic E-state index is 11.0. The second-order valence-corrected chi connectivity index (χ2v) is 5.42. The zero-order valence-electron chi connectivity index (χ0n) is 9.79. The van der Waals surface area contributed by atoms with Crippen LogP contribution in [0.5, 0.6) is 0 Å². The predicted octanol–water partition coefficient (Wildman–Crippen LogP) is 3.80. The smallest absolute Gasteiger partial charge is 0.307 e. The highest BCUT2D eigenvalue weighted by molar-refractivity contribution is 6.43. The van der Waals surface area contributed by atoms with Crippen molar-refractivity contribution in [2.24, 2.45) is 11.7 Å². The first-order valence-electron chi connectivity index (χ1n) is 5.44. The molecule has 3 nitrogen and oxygen atoms in total. The monoisotopic (exact) mass is 309 g/mol. The fraction of sp³-hybridized carbons (Fsp3) is 0.417. The molecular weight excluding hydrogens is 296 g/mol. The molecule has 2 unspecified atom stereocenters. The van der Waals surface area contributed by atoms with E-state index in [9.17, 15) is 4.79 Å². The molecule has 100 valence electrons. The van der Waals surface area contributed by atoms with E-state index >= 15 is 0 Å². The first kappa shape index (κ1) is 15.6. The minimum Gasteiger partial charge on any atom is -0.481 e. The molecule has 0 aliphatic carbocycles. The molecule has 0 aliphatic rings. The van der Waals surface area contributed by atoms with Gasteiger partial charge in [0.05, 0.1) is 16.0 Å². The van der Waals surface area contributed by atoms with Gasteiger partial charge < -0.3 is 10.8 Å². The molecule has 0 aromatic heterocycles. The van der Waals surface area contributed by atoms with E-state index in [1.165, 1.54) is 0 Å². The quantitative estimate of drug-likeness (QED) is 0.813. The van der Waals surface area contributed by atoms with Gasteiger partial charge in [0.2, 0.25) is 0 Å². The molecule has 1 aromatic carbocycles. The second kappa shape index (κ2) is 6.62. The van der Waals surface area contributed by atoms with Crippen LogP contribution in [0.2, 0.25) is 15.1 Å². The molecule has 0 spiro atoms. The summed E-state index contributed by atoms with van der Waals surface area (Å²) in [6, 6.07) is 3.26. The highest BCUT2D eigenvalue weighted by Crippen LogP contribution is 2.36. The van der Waals surface area contributed by atoms with Crippen molar-refractivity contribution in [3.05, 3.63) is 32.8 Å². The van der Waals surface area contributed by atoms with Gasteiger partial charge in [-0.3, -0.25) is 4.79 Å². The van der Waals surface area contributed by atoms with E-state index in [1.807, 2.05) is 6.92 Å². The fourth-order valence-corrected chi connectivity index (χ4v) is 2.59. The van der Waals surface area contributed by atoms with E-state index in [1.54, 1.807) is 12.1 Å². The van der Waals surface area contributed by atoms with Gasteiger partial charge in [-0.1, -0.05) is 41.7 Å². The predicted molar refractivity (Wildman–Crippen MR) is 74.7 cm³/mol. The van der Waals surface area contributed by atoms with E-state index in [-0.39, 0.29) is 12.5 Å². The zero-order valence-corrected chi connectivity index (χ0v) is 12.1. The maximum Gasteiger partial charge on any atom is 0.307 e. The average Bonchev–Trinajstić information content (AvgIpc) is 2.29. The Balaban J connectivity index is 2.97. The van der Waals surface area contributed by atoms with Gasteiger partial charge in [-0.05, 0) is 30.0 Å². The summed E-state index contributed by atoms with van der Waals surface area (Å²) in [5.74, 6) is -1.60. The highest BCUT2D eigenvalue weighted by atomic mass is 35.5. The minimum absolute atomic E-state index is 0.0849. The molecule has 0 saturated carbocycles. The van der Waals surface area contributed by atoms with Gasteiger partial charge in [-0.15, -0.1) is 0 Å². The Kier molecular flexibility index (Phi) is 5.73. The Morgan fingerprint density at radius 3 is 2.50 bits per heavy atom. The number of rotatable bonds is 5. The number of benzene rings is 1. The van der Waals surface area contributed by atoms with Crippen molar-refractivity contribution in [3.63, 3.8) is 0 Å². The number of hydrogen-bond acceptors (Lipinski definition) is 2. The summed E-state index contributed by atoms with van der Waals surface area (Å²) in [4.78, 5) is 11.0. The number of hydrogen-bond donors (Lipinski definition) is 2. The molecule has 6 heteroatoms. The van der Waals surface area contributed by atoms with Crippen LogP contribution in [0.3, 0.4) is 0 Å². The summed E-state index contributed by atoms with van der Waals surface area (Å²) in [6.07, 6.45) is 0.391. The van der Waals surface area contributed by atoms with Crippen LogP contribution in [0.15, 0.2) is 12.1 Å². The normalized spacial score (nSPS) is 14.3. The van der Waals surface area contributed by atoms with Gasteiger partial charge in [0.1, 0.15) is 0 Å². The Hall–Kier alpha value is -0.480. The van der Waals surface area contributed by atoms with Crippen LogP contribution in [-0.2, 0) is 4.79 Å². The number of carbonyl (C=O) groups is 1. The van der Waals surface area contributed by atoms with E-state index in [0.29, 0.717) is 21.5 Å². The summed E-state index contributed by atoms with van der Waals surface area (Å²) in [5, 5.41) is 10.2. The van der Waals surface area contributed by atoms with Crippen molar-refractivity contribution >= 4 is 40.8 Å². The summed E-state index contributed by atoms with van der Waals surface area (Å²) >= 11 is 18.0. The maximum absolute atomic E-state index is 11.0. The van der Waals surface area contributed by atoms with Gasteiger partial charge in [0.15, 0.2) is 0 Å². The third-order valence-electron chi connectivity index (χ3n) is 2.82. The van der Waals surface area contributed by atoms with Crippen molar-refractivity contribution < 1.29 is 9.90 Å². The standard InChI is InChI=1S/C12H14Cl3NO2/c1-6(2-7(5-16)12(17)18)9-3-8(13)4-10(14)11(9)15/h3-4,6-7H,2,5,16H2,1H3,(H,17,18). The molecule has 0 aliphatic heterocycles. The second-order valence-electron chi connectivity index (χ2n) is 4.20. The molecule has 0 amide bonds. The number of aliphatic carboxylic acids is 1. The van der Waals surface area contributed by atoms with Gasteiger partial charge >= 0.3 is 5.97 Å². The largest absolute Gasteiger partial charge is 0.481 e. The number of halogens is 3. The molecule has 0 radical (unpaired) electrons. The lowest BCUT2D eigenvalue weighted by Crippen LogP contribution is -2.24. The van der Waals surface area contributed by atoms with E-state index in [4.69, 9.17) is 45.6 Å². The Bertz CT molecular complexity index is 451. The number of nitrogens with two attached hydrogens (primary N) is 1. The Labute approximate surface area is 121 Å². The molecule has 1 aromatic rings. The number of carboxylic acid groups (broad SMARTS) is 1. The molecule has 2 atom stereocenters. The highest BCUT2D eigenvalue weighted by Gasteiger charge is 2.22. The summed E-state index contributed by atoms with van der Waals surface area (Å²) < 4.78 is 0. The molecule has 0 saturated heterocycles. The Morgan fingerprint density at radius 2 is 2.00 bits per heavy atom. The third kappa shape index (κ3) is 3.75. The summed E-state index contributed by atoms with van der Waals surface area (Å²) in [7, 11) is 0. The first-order valence-corrected chi connectivity index (χ1v) is 6.57. The molecule has 0 fully saturated rings. The molecule has 18 heavy (non-hydrogen) atoms. The lowest BCUT2D eigenvalue weighted by molar-refractivity contribution is -0.141. The van der Waals surface area contributed by atoms with Gasteiger partial charge in [0, 0.05) is 11.6 Å². The van der Waals surface area contributed by atoms with Crippen molar-refractivity contribution in [2.45, 2.75) is 19.3 Å². The van der Waals surface area contributed by atoms with Crippen molar-refractivity contribution in [2.75, 3.05) is 6.54 Å². The van der Waals surface area contributed by atoms with Crippen LogP contribution < -0.4 is 5.73 Å². The van der Waals surface area contributed by atoms with Crippen LogP contribution in [0, 0.1) is 5.92 Å². The Morgan fingerprint density at radius 1 is 1.39 bits per heavy atom. The van der Waals surface area contributed by atoms with Crippen LogP contribution in [0.1, 0.15) is 24.8 Å². The SMILES string of the molecule is CC(CC(CN)C(=O)O)c1cc(Cl)cc(Cl)c1Cl. The molecule has 0 heterocycles. The van der Waals surface area contributed by atoms with Gasteiger partial charge in [-0.25, -0.2) is 0 Å². The van der Waals surface area contributed by atoms with E-state index < -0.39 is 11.9 Å². The van der Waals surface area contributed by atoms with E-state index in [2.05, 4.69) is 0 Å². The van der Waals surface area contributed by atoms with Crippen molar-refractivity contribution in [3.8, 4) is 0 Å². The lowest BCUT2D eigenvalue weighted by Gasteiger charge is -2.18. The van der Waals surface area contributed by atoms with Crippen molar-refractivity contribution in [1.29, 1.82) is 0 Å². The fourth-order valence-electron chi connectivity index (χ4n) is 1.79. The molecular formula is C12H14Cl3NO2. The minimum atomic E-state index is -0.909. The van der Waals surface area contributed by atoms with Gasteiger partial charge in [-0.2, -0.15) is 0 Å². The lowest BCUT2D eigenvalue weighted by atomic mass is 9.90. The zero-order chi connectivity index (χ0) is 13.9. The van der Waals surface area contributed by atoms with Crippen LogP contribution in [-0.4, -0.2) is 17.6 Å².